The number of hydrogen-bond acceptors (Lipinski definition) is 6. The number of hydrogen-bond donors (Lipinski definition) is 3. The lowest BCUT2D eigenvalue weighted by Crippen LogP contribution is -2.42. The Morgan fingerprint density at radius 3 is 2.81 bits per heavy atom. The Bertz CT molecular complexity index is 726. The zero-order valence-electron chi connectivity index (χ0n) is 14.6. The number of aromatic nitrogens is 2. The SMILES string of the molecule is O=C(O)[C@@H](Cc1ccccc1)Nc1cc(N2CCCCC2CO)ncn1. The summed E-state index contributed by atoms with van der Waals surface area (Å²) in [4.78, 5) is 22.2. The van der Waals surface area contributed by atoms with Gasteiger partial charge in [-0.2, -0.15) is 0 Å². The van der Waals surface area contributed by atoms with Crippen molar-refractivity contribution in [2.24, 2.45) is 0 Å². The molecule has 3 rings (SSSR count). The standard InChI is InChI=1S/C19H24N4O3/c24-12-15-8-4-5-9-23(15)18-11-17(20-13-21-18)22-16(19(25)26)10-14-6-2-1-3-7-14/h1-3,6-7,11,13,15-16,24H,4-5,8-10,12H2,(H,25,26)(H,20,21,22)/t15?,16-/m1/s1. The first-order chi connectivity index (χ1) is 12.7. The van der Waals surface area contributed by atoms with Crippen molar-refractivity contribution in [3.05, 3.63) is 48.3 Å². The predicted molar refractivity (Wildman–Crippen MR) is 99.3 cm³/mol. The smallest absolute Gasteiger partial charge is 0.326 e. The van der Waals surface area contributed by atoms with Gasteiger partial charge in [0.05, 0.1) is 12.6 Å². The van der Waals surface area contributed by atoms with Crippen molar-refractivity contribution in [2.75, 3.05) is 23.4 Å². The van der Waals surface area contributed by atoms with Crippen LogP contribution in [0.3, 0.4) is 0 Å². The predicted octanol–water partition coefficient (Wildman–Crippen LogP) is 1.94. The molecule has 7 nitrogen and oxygen atoms in total. The molecule has 1 fully saturated rings. The molecule has 0 bridgehead atoms. The Labute approximate surface area is 152 Å². The second-order valence-electron chi connectivity index (χ2n) is 6.51. The minimum atomic E-state index is -0.930. The maximum absolute atomic E-state index is 11.6. The lowest BCUT2D eigenvalue weighted by molar-refractivity contribution is -0.137. The van der Waals surface area contributed by atoms with Crippen molar-refractivity contribution in [2.45, 2.75) is 37.8 Å². The Balaban J connectivity index is 1.74. The number of benzene rings is 1. The van der Waals surface area contributed by atoms with Gasteiger partial charge >= 0.3 is 5.97 Å². The van der Waals surface area contributed by atoms with Gasteiger partial charge in [0.25, 0.3) is 0 Å². The molecule has 1 aliphatic heterocycles. The van der Waals surface area contributed by atoms with E-state index < -0.39 is 12.0 Å². The maximum atomic E-state index is 11.6. The Hall–Kier alpha value is -2.67. The molecule has 1 aromatic carbocycles. The van der Waals surface area contributed by atoms with E-state index in [1.807, 2.05) is 30.3 Å². The van der Waals surface area contributed by atoms with Gasteiger partial charge in [0, 0.05) is 19.0 Å². The molecular weight excluding hydrogens is 332 g/mol. The van der Waals surface area contributed by atoms with Crippen LogP contribution in [0.4, 0.5) is 11.6 Å². The van der Waals surface area contributed by atoms with E-state index in [-0.39, 0.29) is 12.6 Å². The Kier molecular flexibility index (Phi) is 6.01. The number of aliphatic carboxylic acids is 1. The number of aliphatic hydroxyl groups is 1. The Morgan fingerprint density at radius 1 is 1.27 bits per heavy atom. The van der Waals surface area contributed by atoms with Gasteiger partial charge in [-0.15, -0.1) is 0 Å². The van der Waals surface area contributed by atoms with Gasteiger partial charge in [-0.1, -0.05) is 30.3 Å². The number of carbonyl (C=O) groups is 1. The molecule has 138 valence electrons. The monoisotopic (exact) mass is 356 g/mol. The number of piperidine rings is 1. The van der Waals surface area contributed by atoms with Gasteiger partial charge in [-0.25, -0.2) is 14.8 Å². The molecule has 0 aliphatic carbocycles. The van der Waals surface area contributed by atoms with Crippen LogP contribution < -0.4 is 10.2 Å². The lowest BCUT2D eigenvalue weighted by Gasteiger charge is -2.35. The molecule has 2 atom stereocenters. The molecule has 2 heterocycles. The highest BCUT2D eigenvalue weighted by atomic mass is 16.4. The van der Waals surface area contributed by atoms with Crippen LogP contribution in [0.25, 0.3) is 0 Å². The molecule has 3 N–H and O–H groups in total. The summed E-state index contributed by atoms with van der Waals surface area (Å²) in [5.74, 6) is 0.255. The zero-order chi connectivity index (χ0) is 18.4. The third-order valence-corrected chi connectivity index (χ3v) is 4.69. The first-order valence-electron chi connectivity index (χ1n) is 8.90. The summed E-state index contributed by atoms with van der Waals surface area (Å²) in [5, 5.41) is 22.1. The third-order valence-electron chi connectivity index (χ3n) is 4.69. The molecule has 0 amide bonds. The normalized spacial score (nSPS) is 18.3. The number of nitrogens with one attached hydrogen (secondary N) is 1. The molecule has 0 saturated carbocycles. The summed E-state index contributed by atoms with van der Waals surface area (Å²) in [6.45, 7) is 0.909. The fraction of sp³-hybridized carbons (Fsp3) is 0.421. The van der Waals surface area contributed by atoms with Crippen molar-refractivity contribution in [1.29, 1.82) is 0 Å². The quantitative estimate of drug-likeness (QED) is 0.697. The second-order valence-corrected chi connectivity index (χ2v) is 6.51. The molecule has 2 aromatic rings. The number of carboxylic acid groups (broad SMARTS) is 1. The minimum Gasteiger partial charge on any atom is -0.480 e. The molecule has 1 saturated heterocycles. The molecule has 0 spiro atoms. The molecule has 1 aliphatic rings. The average molecular weight is 356 g/mol. The summed E-state index contributed by atoms with van der Waals surface area (Å²) in [6.07, 6.45) is 4.86. The summed E-state index contributed by atoms with van der Waals surface area (Å²) in [7, 11) is 0. The van der Waals surface area contributed by atoms with Gasteiger partial charge in [0.2, 0.25) is 0 Å². The molecular formula is C19H24N4O3. The van der Waals surface area contributed by atoms with E-state index in [9.17, 15) is 15.0 Å². The molecule has 0 radical (unpaired) electrons. The molecule has 7 heteroatoms. The number of rotatable bonds is 7. The van der Waals surface area contributed by atoms with E-state index in [1.54, 1.807) is 6.07 Å². The van der Waals surface area contributed by atoms with Crippen molar-refractivity contribution in [3.63, 3.8) is 0 Å². The minimum absolute atomic E-state index is 0.0473. The number of anilines is 2. The largest absolute Gasteiger partial charge is 0.480 e. The van der Waals surface area contributed by atoms with Crippen LogP contribution in [0.1, 0.15) is 24.8 Å². The van der Waals surface area contributed by atoms with Gasteiger partial charge in [0.15, 0.2) is 0 Å². The van der Waals surface area contributed by atoms with Crippen LogP contribution in [0.2, 0.25) is 0 Å². The van der Waals surface area contributed by atoms with E-state index in [0.717, 1.165) is 31.4 Å². The lowest BCUT2D eigenvalue weighted by atomic mass is 10.0. The number of aliphatic hydroxyl groups excluding tert-OH is 1. The van der Waals surface area contributed by atoms with Crippen LogP contribution in [0.5, 0.6) is 0 Å². The molecule has 1 aromatic heterocycles. The van der Waals surface area contributed by atoms with Crippen LogP contribution in [0.15, 0.2) is 42.7 Å². The Morgan fingerprint density at radius 2 is 2.08 bits per heavy atom. The fourth-order valence-electron chi connectivity index (χ4n) is 3.30. The first-order valence-corrected chi connectivity index (χ1v) is 8.90. The highest BCUT2D eigenvalue weighted by Crippen LogP contribution is 2.24. The summed E-state index contributed by atoms with van der Waals surface area (Å²) in [5.41, 5.74) is 0.943. The van der Waals surface area contributed by atoms with Gasteiger partial charge < -0.3 is 20.4 Å². The summed E-state index contributed by atoms with van der Waals surface area (Å²) >= 11 is 0. The van der Waals surface area contributed by atoms with Gasteiger partial charge in [0.1, 0.15) is 24.0 Å². The van der Waals surface area contributed by atoms with E-state index in [2.05, 4.69) is 20.2 Å². The van der Waals surface area contributed by atoms with Crippen molar-refractivity contribution >= 4 is 17.6 Å². The van der Waals surface area contributed by atoms with E-state index in [4.69, 9.17) is 0 Å². The van der Waals surface area contributed by atoms with Gasteiger partial charge in [-0.05, 0) is 24.8 Å². The van der Waals surface area contributed by atoms with Crippen LogP contribution >= 0.6 is 0 Å². The van der Waals surface area contributed by atoms with Crippen LogP contribution in [0, 0.1) is 0 Å². The third kappa shape index (κ3) is 4.49. The highest BCUT2D eigenvalue weighted by Gasteiger charge is 2.24. The van der Waals surface area contributed by atoms with Crippen molar-refractivity contribution in [1.82, 2.24) is 9.97 Å². The fourth-order valence-corrected chi connectivity index (χ4v) is 3.30. The summed E-state index contributed by atoms with van der Waals surface area (Å²) < 4.78 is 0. The second kappa shape index (κ2) is 8.62. The zero-order valence-corrected chi connectivity index (χ0v) is 14.6. The van der Waals surface area contributed by atoms with Crippen molar-refractivity contribution in [3.8, 4) is 0 Å². The van der Waals surface area contributed by atoms with E-state index in [1.165, 1.54) is 6.33 Å². The molecule has 26 heavy (non-hydrogen) atoms. The van der Waals surface area contributed by atoms with Crippen LogP contribution in [-0.4, -0.2) is 51.4 Å². The topological polar surface area (TPSA) is 98.6 Å². The number of carboxylic acids is 1. The van der Waals surface area contributed by atoms with Crippen LogP contribution in [-0.2, 0) is 11.2 Å². The number of nitrogens with zero attached hydrogens (tertiary/aromatic N) is 3. The average Bonchev–Trinajstić information content (AvgIpc) is 2.68. The first kappa shape index (κ1) is 18.1. The van der Waals surface area contributed by atoms with E-state index in [0.29, 0.717) is 18.1 Å². The van der Waals surface area contributed by atoms with Gasteiger partial charge in [-0.3, -0.25) is 0 Å². The maximum Gasteiger partial charge on any atom is 0.326 e. The molecule has 1 unspecified atom stereocenters. The summed E-state index contributed by atoms with van der Waals surface area (Å²) in [6, 6.07) is 10.5. The highest BCUT2D eigenvalue weighted by molar-refractivity contribution is 5.77. The van der Waals surface area contributed by atoms with Crippen molar-refractivity contribution < 1.29 is 15.0 Å². The van der Waals surface area contributed by atoms with E-state index >= 15 is 0 Å².